The van der Waals surface area contributed by atoms with E-state index >= 15 is 0 Å². The van der Waals surface area contributed by atoms with Crippen LogP contribution in [0.25, 0.3) is 5.69 Å². The summed E-state index contributed by atoms with van der Waals surface area (Å²) in [6.07, 6.45) is 0. The van der Waals surface area contributed by atoms with Gasteiger partial charge in [0.1, 0.15) is 17.9 Å². The van der Waals surface area contributed by atoms with E-state index in [1.807, 2.05) is 0 Å². The van der Waals surface area contributed by atoms with Crippen LogP contribution in [0.15, 0.2) is 24.3 Å². The number of benzene rings is 1. The Labute approximate surface area is 108 Å². The lowest BCUT2D eigenvalue weighted by Crippen LogP contribution is -2.00. The standard InChI is InChI=1S/C13H9N3O3/c1-19-9-4-2-8(3-5-9)16-10(6-14)12(17)13(18)11(16)7-15/h2-5,17-18H,1H3. The summed E-state index contributed by atoms with van der Waals surface area (Å²) in [7, 11) is 1.52. The maximum atomic E-state index is 9.62. The van der Waals surface area contributed by atoms with Crippen molar-refractivity contribution in [3.05, 3.63) is 35.7 Å². The zero-order chi connectivity index (χ0) is 14.0. The van der Waals surface area contributed by atoms with Gasteiger partial charge in [0.15, 0.2) is 22.9 Å². The molecule has 19 heavy (non-hydrogen) atoms. The summed E-state index contributed by atoms with van der Waals surface area (Å²) in [6, 6.07) is 10.0. The van der Waals surface area contributed by atoms with E-state index in [4.69, 9.17) is 15.3 Å². The Bertz CT molecular complexity index is 665. The normalized spacial score (nSPS) is 9.63. The van der Waals surface area contributed by atoms with Crippen molar-refractivity contribution >= 4 is 0 Å². The van der Waals surface area contributed by atoms with Gasteiger partial charge in [-0.1, -0.05) is 0 Å². The lowest BCUT2D eigenvalue weighted by molar-refractivity contribution is 0.406. The Morgan fingerprint density at radius 2 is 1.47 bits per heavy atom. The summed E-state index contributed by atoms with van der Waals surface area (Å²) in [5, 5.41) is 37.3. The molecular weight excluding hydrogens is 246 g/mol. The average Bonchev–Trinajstić information content (AvgIpc) is 2.70. The maximum absolute atomic E-state index is 9.62. The first-order valence-electron chi connectivity index (χ1n) is 5.25. The van der Waals surface area contributed by atoms with Crippen LogP contribution in [-0.2, 0) is 0 Å². The summed E-state index contributed by atoms with van der Waals surface area (Å²) in [4.78, 5) is 0. The molecule has 0 unspecified atom stereocenters. The van der Waals surface area contributed by atoms with Crippen molar-refractivity contribution in [2.75, 3.05) is 7.11 Å². The highest BCUT2D eigenvalue weighted by molar-refractivity contribution is 5.61. The molecule has 1 aromatic carbocycles. The van der Waals surface area contributed by atoms with Gasteiger partial charge >= 0.3 is 0 Å². The first-order chi connectivity index (χ1) is 9.13. The second-order valence-electron chi connectivity index (χ2n) is 3.65. The molecule has 0 radical (unpaired) electrons. The van der Waals surface area contributed by atoms with Crippen LogP contribution in [0.4, 0.5) is 0 Å². The van der Waals surface area contributed by atoms with Gasteiger partial charge in [-0.15, -0.1) is 0 Å². The molecule has 6 heteroatoms. The van der Waals surface area contributed by atoms with Gasteiger partial charge in [-0.25, -0.2) is 0 Å². The predicted octanol–water partition coefficient (Wildman–Crippen LogP) is 1.64. The van der Waals surface area contributed by atoms with Crippen molar-refractivity contribution in [2.45, 2.75) is 0 Å². The Morgan fingerprint density at radius 1 is 1.00 bits per heavy atom. The number of rotatable bonds is 2. The van der Waals surface area contributed by atoms with Gasteiger partial charge in [-0.05, 0) is 24.3 Å². The van der Waals surface area contributed by atoms with Gasteiger partial charge in [0.2, 0.25) is 0 Å². The van der Waals surface area contributed by atoms with Crippen molar-refractivity contribution in [1.82, 2.24) is 4.57 Å². The van der Waals surface area contributed by atoms with E-state index in [0.717, 1.165) is 0 Å². The van der Waals surface area contributed by atoms with Crippen LogP contribution in [0.5, 0.6) is 17.2 Å². The Morgan fingerprint density at radius 3 is 1.84 bits per heavy atom. The van der Waals surface area contributed by atoms with Crippen molar-refractivity contribution in [2.24, 2.45) is 0 Å². The molecule has 2 aromatic rings. The van der Waals surface area contributed by atoms with E-state index < -0.39 is 11.5 Å². The third kappa shape index (κ3) is 1.81. The molecule has 0 aliphatic heterocycles. The van der Waals surface area contributed by atoms with Crippen LogP contribution in [0.2, 0.25) is 0 Å². The number of ether oxygens (including phenoxy) is 1. The molecule has 0 spiro atoms. The van der Waals surface area contributed by atoms with Gasteiger partial charge in [-0.2, -0.15) is 10.5 Å². The van der Waals surface area contributed by atoms with Gasteiger partial charge < -0.3 is 14.9 Å². The minimum absolute atomic E-state index is 0.195. The van der Waals surface area contributed by atoms with Crippen molar-refractivity contribution in [1.29, 1.82) is 10.5 Å². The lowest BCUT2D eigenvalue weighted by atomic mass is 10.3. The summed E-state index contributed by atoms with van der Waals surface area (Å²) in [5.41, 5.74) is 0.0722. The lowest BCUT2D eigenvalue weighted by Gasteiger charge is -2.07. The summed E-state index contributed by atoms with van der Waals surface area (Å²) in [5.74, 6) is -0.592. The molecule has 0 bridgehead atoms. The number of hydrogen-bond donors (Lipinski definition) is 2. The molecule has 0 saturated heterocycles. The SMILES string of the molecule is COc1ccc(-n2c(C#N)c(O)c(O)c2C#N)cc1. The number of nitriles is 2. The van der Waals surface area contributed by atoms with Crippen LogP contribution in [0, 0.1) is 22.7 Å². The molecule has 94 valence electrons. The van der Waals surface area contributed by atoms with E-state index in [2.05, 4.69) is 0 Å². The number of methoxy groups -OCH3 is 1. The third-order valence-corrected chi connectivity index (χ3v) is 2.66. The molecule has 0 amide bonds. The van der Waals surface area contributed by atoms with Gasteiger partial charge in [0.05, 0.1) is 7.11 Å². The third-order valence-electron chi connectivity index (χ3n) is 2.66. The average molecular weight is 255 g/mol. The minimum Gasteiger partial charge on any atom is -0.502 e. The van der Waals surface area contributed by atoms with Crippen LogP contribution in [0.3, 0.4) is 0 Å². The smallest absolute Gasteiger partial charge is 0.196 e. The first-order valence-corrected chi connectivity index (χ1v) is 5.25. The van der Waals surface area contributed by atoms with E-state index in [-0.39, 0.29) is 11.4 Å². The fourth-order valence-corrected chi connectivity index (χ4v) is 1.74. The summed E-state index contributed by atoms with van der Waals surface area (Å²) in [6.45, 7) is 0. The highest BCUT2D eigenvalue weighted by Gasteiger charge is 2.23. The van der Waals surface area contributed by atoms with Crippen molar-refractivity contribution in [3.63, 3.8) is 0 Å². The Kier molecular flexibility index (Phi) is 3.01. The van der Waals surface area contributed by atoms with Crippen molar-refractivity contribution < 1.29 is 14.9 Å². The molecule has 0 saturated carbocycles. The largest absolute Gasteiger partial charge is 0.502 e. The number of aromatic nitrogens is 1. The quantitative estimate of drug-likeness (QED) is 0.849. The van der Waals surface area contributed by atoms with Crippen LogP contribution in [0.1, 0.15) is 11.4 Å². The number of hydrogen-bond acceptors (Lipinski definition) is 5. The summed E-state index contributed by atoms with van der Waals surface area (Å²) >= 11 is 0. The zero-order valence-electron chi connectivity index (χ0n) is 9.95. The molecule has 0 aliphatic carbocycles. The van der Waals surface area contributed by atoms with Gasteiger partial charge in [0.25, 0.3) is 0 Å². The highest BCUT2D eigenvalue weighted by atomic mass is 16.5. The Balaban J connectivity index is 2.71. The molecule has 0 atom stereocenters. The fourth-order valence-electron chi connectivity index (χ4n) is 1.74. The van der Waals surface area contributed by atoms with E-state index in [1.54, 1.807) is 36.4 Å². The van der Waals surface area contributed by atoms with Crippen LogP contribution >= 0.6 is 0 Å². The molecule has 0 aliphatic rings. The fraction of sp³-hybridized carbons (Fsp3) is 0.0769. The minimum atomic E-state index is -0.602. The molecular formula is C13H9N3O3. The maximum Gasteiger partial charge on any atom is 0.196 e. The topological polar surface area (TPSA) is 102 Å². The highest BCUT2D eigenvalue weighted by Crippen LogP contribution is 2.37. The molecule has 1 aromatic heterocycles. The van der Waals surface area contributed by atoms with Crippen molar-refractivity contribution in [3.8, 4) is 35.1 Å². The molecule has 2 rings (SSSR count). The number of nitrogens with zero attached hydrogens (tertiary/aromatic N) is 3. The van der Waals surface area contributed by atoms with Crippen LogP contribution in [-0.4, -0.2) is 21.9 Å². The van der Waals surface area contributed by atoms with E-state index in [0.29, 0.717) is 11.4 Å². The van der Waals surface area contributed by atoms with E-state index in [9.17, 15) is 10.2 Å². The monoisotopic (exact) mass is 255 g/mol. The second-order valence-corrected chi connectivity index (χ2v) is 3.65. The second kappa shape index (κ2) is 4.63. The molecule has 1 heterocycles. The van der Waals surface area contributed by atoms with E-state index in [1.165, 1.54) is 11.7 Å². The first kappa shape index (κ1) is 12.3. The Hall–Kier alpha value is -3.12. The van der Waals surface area contributed by atoms with Crippen LogP contribution < -0.4 is 4.74 Å². The van der Waals surface area contributed by atoms with Gasteiger partial charge in [-0.3, -0.25) is 4.57 Å². The molecule has 2 N–H and O–H groups in total. The molecule has 6 nitrogen and oxygen atoms in total. The van der Waals surface area contributed by atoms with Gasteiger partial charge in [0, 0.05) is 5.69 Å². The molecule has 0 fully saturated rings. The summed E-state index contributed by atoms with van der Waals surface area (Å²) < 4.78 is 6.19. The number of aromatic hydroxyl groups is 2. The zero-order valence-corrected chi connectivity index (χ0v) is 9.95. The predicted molar refractivity (Wildman–Crippen MR) is 65.1 cm³/mol.